The Labute approximate surface area is 135 Å². The normalized spacial score (nSPS) is 20.5. The second-order valence-corrected chi connectivity index (χ2v) is 8.32. The van der Waals surface area contributed by atoms with E-state index in [0.29, 0.717) is 23.9 Å². The van der Waals surface area contributed by atoms with Gasteiger partial charge in [0.2, 0.25) is 10.0 Å². The number of pyridine rings is 1. The molecule has 3 rings (SSSR count). The Hall–Kier alpha value is -1.36. The number of rotatable bonds is 4. The van der Waals surface area contributed by atoms with Crippen molar-refractivity contribution in [3.05, 3.63) is 22.8 Å². The van der Waals surface area contributed by atoms with Gasteiger partial charge in [0.05, 0.1) is 10.3 Å². The van der Waals surface area contributed by atoms with Gasteiger partial charge in [0.15, 0.2) is 5.69 Å². The average molecular weight is 341 g/mol. The van der Waals surface area contributed by atoms with Gasteiger partial charge in [-0.3, -0.25) is 0 Å². The molecule has 1 aliphatic heterocycles. The van der Waals surface area contributed by atoms with Crippen LogP contribution in [0.2, 0.25) is 5.02 Å². The lowest BCUT2D eigenvalue weighted by Crippen LogP contribution is -2.43. The number of halogens is 1. The van der Waals surface area contributed by atoms with Crippen LogP contribution in [0.1, 0.15) is 31.4 Å². The molecule has 1 aromatic rings. The zero-order chi connectivity index (χ0) is 15.7. The van der Waals surface area contributed by atoms with E-state index in [2.05, 4.69) is 10.3 Å². The van der Waals surface area contributed by atoms with Crippen LogP contribution in [0.4, 0.5) is 5.82 Å². The number of nitriles is 1. The standard InChI is InChI=1S/C14H17ClN4O2S/c15-12-3-4-14(18-13(12)9-16)17-10-5-7-19(8-6-10)22(20,21)11-1-2-11/h3-4,10-11H,1-2,5-8H2,(H,17,18). The quantitative estimate of drug-likeness (QED) is 0.905. The Morgan fingerprint density at radius 2 is 1.95 bits per heavy atom. The minimum absolute atomic E-state index is 0.145. The van der Waals surface area contributed by atoms with Crippen molar-refractivity contribution < 1.29 is 8.42 Å². The van der Waals surface area contributed by atoms with Crippen LogP contribution in [0, 0.1) is 11.3 Å². The Morgan fingerprint density at radius 3 is 2.55 bits per heavy atom. The minimum atomic E-state index is -3.07. The molecule has 8 heteroatoms. The van der Waals surface area contributed by atoms with Crippen molar-refractivity contribution in [2.75, 3.05) is 18.4 Å². The van der Waals surface area contributed by atoms with Gasteiger partial charge < -0.3 is 5.32 Å². The summed E-state index contributed by atoms with van der Waals surface area (Å²) in [5, 5.41) is 12.4. The molecule has 6 nitrogen and oxygen atoms in total. The Kier molecular flexibility index (Phi) is 4.26. The summed E-state index contributed by atoms with van der Waals surface area (Å²) >= 11 is 5.86. The highest BCUT2D eigenvalue weighted by molar-refractivity contribution is 7.90. The van der Waals surface area contributed by atoms with Gasteiger partial charge in [0, 0.05) is 19.1 Å². The van der Waals surface area contributed by atoms with Crippen molar-refractivity contribution in [2.24, 2.45) is 0 Å². The zero-order valence-corrected chi connectivity index (χ0v) is 13.6. The highest BCUT2D eigenvalue weighted by Gasteiger charge is 2.41. The SMILES string of the molecule is N#Cc1nc(NC2CCN(S(=O)(=O)C3CC3)CC2)ccc1Cl. The smallest absolute Gasteiger partial charge is 0.216 e. The van der Waals surface area contributed by atoms with Crippen LogP contribution in [0.3, 0.4) is 0 Å². The van der Waals surface area contributed by atoms with E-state index in [9.17, 15) is 8.42 Å². The van der Waals surface area contributed by atoms with E-state index < -0.39 is 10.0 Å². The topological polar surface area (TPSA) is 86.1 Å². The van der Waals surface area contributed by atoms with E-state index in [4.69, 9.17) is 16.9 Å². The molecular formula is C14H17ClN4O2S. The van der Waals surface area contributed by atoms with Gasteiger partial charge in [0.1, 0.15) is 11.9 Å². The minimum Gasteiger partial charge on any atom is -0.367 e. The van der Waals surface area contributed by atoms with Crippen molar-refractivity contribution in [1.29, 1.82) is 5.26 Å². The first-order valence-electron chi connectivity index (χ1n) is 7.33. The highest BCUT2D eigenvalue weighted by atomic mass is 35.5. The predicted molar refractivity (Wildman–Crippen MR) is 84.1 cm³/mol. The summed E-state index contributed by atoms with van der Waals surface area (Å²) in [5.41, 5.74) is 0.195. The monoisotopic (exact) mass is 340 g/mol. The largest absolute Gasteiger partial charge is 0.367 e. The average Bonchev–Trinajstić information content (AvgIpc) is 3.35. The molecule has 0 radical (unpaired) electrons. The summed E-state index contributed by atoms with van der Waals surface area (Å²) in [5.74, 6) is 0.601. The maximum Gasteiger partial charge on any atom is 0.216 e. The van der Waals surface area contributed by atoms with Gasteiger partial charge in [-0.2, -0.15) is 5.26 Å². The molecule has 0 bridgehead atoms. The summed E-state index contributed by atoms with van der Waals surface area (Å²) < 4.78 is 26.0. The molecule has 0 spiro atoms. The first kappa shape index (κ1) is 15.5. The molecule has 22 heavy (non-hydrogen) atoms. The molecule has 118 valence electrons. The number of hydrogen-bond donors (Lipinski definition) is 1. The first-order chi connectivity index (χ1) is 10.5. The summed E-state index contributed by atoms with van der Waals surface area (Å²) in [4.78, 5) is 4.15. The van der Waals surface area contributed by atoms with Gasteiger partial charge >= 0.3 is 0 Å². The summed E-state index contributed by atoms with van der Waals surface area (Å²) in [7, 11) is -3.07. The molecule has 0 aromatic carbocycles. The second kappa shape index (κ2) is 6.03. The maximum absolute atomic E-state index is 12.2. The third-order valence-corrected chi connectivity index (χ3v) is 6.77. The van der Waals surface area contributed by atoms with E-state index in [-0.39, 0.29) is 17.0 Å². The number of piperidine rings is 1. The van der Waals surface area contributed by atoms with Crippen LogP contribution >= 0.6 is 11.6 Å². The van der Waals surface area contributed by atoms with Gasteiger partial charge in [-0.05, 0) is 37.8 Å². The van der Waals surface area contributed by atoms with Crippen molar-refractivity contribution >= 4 is 27.4 Å². The predicted octanol–water partition coefficient (Wildman–Crippen LogP) is 1.98. The second-order valence-electron chi connectivity index (χ2n) is 5.70. The van der Waals surface area contributed by atoms with Crippen LogP contribution in [0.5, 0.6) is 0 Å². The third kappa shape index (κ3) is 3.19. The van der Waals surface area contributed by atoms with Crippen molar-refractivity contribution in [3.63, 3.8) is 0 Å². The molecule has 0 unspecified atom stereocenters. The Morgan fingerprint density at radius 1 is 1.27 bits per heavy atom. The van der Waals surface area contributed by atoms with E-state index in [1.165, 1.54) is 0 Å². The van der Waals surface area contributed by atoms with E-state index in [1.807, 2.05) is 6.07 Å². The molecule has 0 atom stereocenters. The number of anilines is 1. The number of nitrogens with one attached hydrogen (secondary N) is 1. The molecule has 1 aromatic heterocycles. The van der Waals surface area contributed by atoms with Gasteiger partial charge in [-0.1, -0.05) is 11.6 Å². The molecule has 1 saturated heterocycles. The van der Waals surface area contributed by atoms with Crippen molar-refractivity contribution in [1.82, 2.24) is 9.29 Å². The molecular weight excluding hydrogens is 324 g/mol. The Balaban J connectivity index is 1.59. The summed E-state index contributed by atoms with van der Waals surface area (Å²) in [6, 6.07) is 5.48. The molecule has 2 fully saturated rings. The number of aromatic nitrogens is 1. The molecule has 2 aliphatic rings. The van der Waals surface area contributed by atoms with Crippen LogP contribution in [0.15, 0.2) is 12.1 Å². The fourth-order valence-corrected chi connectivity index (χ4v) is 4.66. The lowest BCUT2D eigenvalue weighted by molar-refractivity contribution is 0.329. The molecule has 1 aliphatic carbocycles. The van der Waals surface area contributed by atoms with Crippen LogP contribution < -0.4 is 5.32 Å². The molecule has 0 amide bonds. The lowest BCUT2D eigenvalue weighted by Gasteiger charge is -2.32. The van der Waals surface area contributed by atoms with Crippen LogP contribution in [0.25, 0.3) is 0 Å². The zero-order valence-electron chi connectivity index (χ0n) is 12.0. The Bertz CT molecular complexity index is 704. The van der Waals surface area contributed by atoms with Crippen molar-refractivity contribution in [2.45, 2.75) is 37.0 Å². The number of nitrogens with zero attached hydrogens (tertiary/aromatic N) is 3. The lowest BCUT2D eigenvalue weighted by atomic mass is 10.1. The van der Waals surface area contributed by atoms with Crippen LogP contribution in [-0.2, 0) is 10.0 Å². The molecule has 1 N–H and O–H groups in total. The number of sulfonamides is 1. The van der Waals surface area contributed by atoms with E-state index in [1.54, 1.807) is 16.4 Å². The van der Waals surface area contributed by atoms with E-state index >= 15 is 0 Å². The van der Waals surface area contributed by atoms with Gasteiger partial charge in [-0.15, -0.1) is 0 Å². The summed E-state index contributed by atoms with van der Waals surface area (Å²) in [6.07, 6.45) is 3.06. The third-order valence-electron chi connectivity index (χ3n) is 4.06. The summed E-state index contributed by atoms with van der Waals surface area (Å²) in [6.45, 7) is 1.07. The van der Waals surface area contributed by atoms with Crippen molar-refractivity contribution in [3.8, 4) is 6.07 Å². The van der Waals surface area contributed by atoms with Gasteiger partial charge in [0.25, 0.3) is 0 Å². The maximum atomic E-state index is 12.2. The van der Waals surface area contributed by atoms with E-state index in [0.717, 1.165) is 25.7 Å². The highest BCUT2D eigenvalue weighted by Crippen LogP contribution is 2.32. The fraction of sp³-hybridized carbons (Fsp3) is 0.571. The first-order valence-corrected chi connectivity index (χ1v) is 9.21. The molecule has 2 heterocycles. The number of hydrogen-bond acceptors (Lipinski definition) is 5. The molecule has 1 saturated carbocycles. The fourth-order valence-electron chi connectivity index (χ4n) is 2.64. The van der Waals surface area contributed by atoms with Gasteiger partial charge in [-0.25, -0.2) is 17.7 Å². The van der Waals surface area contributed by atoms with Crippen LogP contribution in [-0.4, -0.2) is 42.1 Å².